The van der Waals surface area contributed by atoms with Crippen molar-refractivity contribution < 1.29 is 0 Å². The van der Waals surface area contributed by atoms with Crippen LogP contribution in [0.5, 0.6) is 0 Å². The van der Waals surface area contributed by atoms with Crippen molar-refractivity contribution in [1.82, 2.24) is 15.1 Å². The van der Waals surface area contributed by atoms with E-state index in [4.69, 9.17) is 23.2 Å². The first kappa shape index (κ1) is 15.3. The van der Waals surface area contributed by atoms with Crippen molar-refractivity contribution >= 4 is 28.9 Å². The van der Waals surface area contributed by atoms with Crippen molar-refractivity contribution in [2.24, 2.45) is 0 Å². The van der Waals surface area contributed by atoms with Crippen LogP contribution in [0.2, 0.25) is 10.0 Å². The number of hydrogen-bond acceptors (Lipinski definition) is 4. The number of hydrogen-bond donors (Lipinski definition) is 2. The number of fused-ring (bicyclic) bond motifs is 1. The summed E-state index contributed by atoms with van der Waals surface area (Å²) < 4.78 is 0. The maximum Gasteiger partial charge on any atom is 0.285 e. The van der Waals surface area contributed by atoms with E-state index in [1.165, 1.54) is 17.3 Å². The molecule has 1 aliphatic rings. The molecule has 0 atom stereocenters. The molecule has 0 unspecified atom stereocenters. The zero-order valence-corrected chi connectivity index (χ0v) is 13.4. The summed E-state index contributed by atoms with van der Waals surface area (Å²) in [5.74, 6) is 0. The maximum atomic E-state index is 11.4. The van der Waals surface area contributed by atoms with Gasteiger partial charge in [0.2, 0.25) is 0 Å². The highest BCUT2D eigenvalue weighted by molar-refractivity contribution is 6.32. The highest BCUT2D eigenvalue weighted by atomic mass is 35.5. The SMILES string of the molecule is O=c1[nH]ncc(NCCN2CCc3c(Cl)cccc3C2)c1Cl. The third-order valence-electron chi connectivity index (χ3n) is 3.83. The molecule has 1 aromatic heterocycles. The lowest BCUT2D eigenvalue weighted by atomic mass is 10.00. The number of aromatic amines is 1. The predicted octanol–water partition coefficient (Wildman–Crippen LogP) is 2.55. The first-order valence-corrected chi connectivity index (χ1v) is 7.86. The molecule has 5 nitrogen and oxygen atoms in total. The van der Waals surface area contributed by atoms with Gasteiger partial charge in [-0.2, -0.15) is 5.10 Å². The molecule has 7 heteroatoms. The van der Waals surface area contributed by atoms with Crippen molar-refractivity contribution in [3.63, 3.8) is 0 Å². The second kappa shape index (κ2) is 6.69. The smallest absolute Gasteiger partial charge is 0.285 e. The molecule has 116 valence electrons. The zero-order chi connectivity index (χ0) is 15.5. The fraction of sp³-hybridized carbons (Fsp3) is 0.333. The molecule has 1 aliphatic heterocycles. The predicted molar refractivity (Wildman–Crippen MR) is 88.8 cm³/mol. The van der Waals surface area contributed by atoms with Crippen molar-refractivity contribution in [3.05, 3.63) is 55.9 Å². The Hall–Kier alpha value is -1.56. The van der Waals surface area contributed by atoms with E-state index in [0.29, 0.717) is 12.2 Å². The Morgan fingerprint density at radius 2 is 2.23 bits per heavy atom. The van der Waals surface area contributed by atoms with Crippen molar-refractivity contribution in [2.75, 3.05) is 25.0 Å². The summed E-state index contributed by atoms with van der Waals surface area (Å²) in [7, 11) is 0. The molecule has 1 aromatic carbocycles. The summed E-state index contributed by atoms with van der Waals surface area (Å²) in [6.07, 6.45) is 2.48. The van der Waals surface area contributed by atoms with Crippen molar-refractivity contribution in [2.45, 2.75) is 13.0 Å². The lowest BCUT2D eigenvalue weighted by Crippen LogP contribution is -2.34. The van der Waals surface area contributed by atoms with Gasteiger partial charge in [0.15, 0.2) is 0 Å². The maximum absolute atomic E-state index is 11.4. The van der Waals surface area contributed by atoms with Crippen molar-refractivity contribution in [3.8, 4) is 0 Å². The highest BCUT2D eigenvalue weighted by Gasteiger charge is 2.17. The largest absolute Gasteiger partial charge is 0.381 e. The van der Waals surface area contributed by atoms with Gasteiger partial charge in [-0.1, -0.05) is 35.3 Å². The summed E-state index contributed by atoms with van der Waals surface area (Å²) in [6.45, 7) is 3.41. The van der Waals surface area contributed by atoms with Gasteiger partial charge >= 0.3 is 0 Å². The van der Waals surface area contributed by atoms with E-state index in [1.54, 1.807) is 0 Å². The van der Waals surface area contributed by atoms with E-state index in [0.717, 1.165) is 31.1 Å². The van der Waals surface area contributed by atoms with Crippen LogP contribution in [0, 0.1) is 0 Å². The Bertz CT molecular complexity index is 732. The van der Waals surface area contributed by atoms with Gasteiger partial charge < -0.3 is 5.32 Å². The minimum atomic E-state index is -0.381. The van der Waals surface area contributed by atoms with E-state index >= 15 is 0 Å². The molecule has 0 radical (unpaired) electrons. The Balaban J connectivity index is 1.57. The minimum absolute atomic E-state index is 0.144. The average Bonchev–Trinajstić information content (AvgIpc) is 2.52. The van der Waals surface area contributed by atoms with Gasteiger partial charge in [-0.3, -0.25) is 9.69 Å². The average molecular weight is 339 g/mol. The Morgan fingerprint density at radius 3 is 3.09 bits per heavy atom. The second-order valence-electron chi connectivity index (χ2n) is 5.26. The first-order chi connectivity index (χ1) is 10.6. The Labute approximate surface area is 138 Å². The van der Waals surface area contributed by atoms with Crippen LogP contribution < -0.4 is 10.9 Å². The minimum Gasteiger partial charge on any atom is -0.381 e. The zero-order valence-electron chi connectivity index (χ0n) is 11.9. The first-order valence-electron chi connectivity index (χ1n) is 7.11. The Morgan fingerprint density at radius 1 is 1.36 bits per heavy atom. The highest BCUT2D eigenvalue weighted by Crippen LogP contribution is 2.25. The number of rotatable bonds is 4. The van der Waals surface area contributed by atoms with E-state index in [-0.39, 0.29) is 10.6 Å². The van der Waals surface area contributed by atoms with E-state index < -0.39 is 0 Å². The topological polar surface area (TPSA) is 61.0 Å². The number of H-pyrrole nitrogens is 1. The molecule has 0 spiro atoms. The van der Waals surface area contributed by atoms with Crippen LogP contribution in [0.15, 0.2) is 29.2 Å². The van der Waals surface area contributed by atoms with Gasteiger partial charge in [-0.25, -0.2) is 5.10 Å². The molecule has 2 N–H and O–H groups in total. The van der Waals surface area contributed by atoms with E-state index in [2.05, 4.69) is 26.5 Å². The van der Waals surface area contributed by atoms with Crippen molar-refractivity contribution in [1.29, 1.82) is 0 Å². The van der Waals surface area contributed by atoms with E-state index in [9.17, 15) is 4.79 Å². The molecule has 0 amide bonds. The van der Waals surface area contributed by atoms with Gasteiger partial charge in [-0.05, 0) is 23.6 Å². The lowest BCUT2D eigenvalue weighted by Gasteiger charge is -2.29. The lowest BCUT2D eigenvalue weighted by molar-refractivity contribution is 0.264. The standard InChI is InChI=1S/C15H16Cl2N4O/c16-12-3-1-2-10-9-21(6-4-11(10)12)7-5-18-13-8-19-20-15(22)14(13)17/h1-3,8H,4-7,9H2,(H2,18,20,22). The van der Waals surface area contributed by atoms with Gasteiger partial charge in [-0.15, -0.1) is 0 Å². The molecular formula is C15H16Cl2N4O. The van der Waals surface area contributed by atoms with Crippen LogP contribution in [0.3, 0.4) is 0 Å². The number of anilines is 1. The van der Waals surface area contributed by atoms with Crippen LogP contribution in [0.1, 0.15) is 11.1 Å². The van der Waals surface area contributed by atoms with Crippen LogP contribution in [0.25, 0.3) is 0 Å². The molecular weight excluding hydrogens is 323 g/mol. The normalized spacial score (nSPS) is 14.6. The fourth-order valence-corrected chi connectivity index (χ4v) is 3.11. The third-order valence-corrected chi connectivity index (χ3v) is 4.56. The Kier molecular flexibility index (Phi) is 4.66. The third kappa shape index (κ3) is 3.27. The quantitative estimate of drug-likeness (QED) is 0.899. The molecule has 0 saturated heterocycles. The molecule has 2 heterocycles. The van der Waals surface area contributed by atoms with Crippen LogP contribution in [-0.2, 0) is 13.0 Å². The van der Waals surface area contributed by atoms with Gasteiger partial charge in [0.1, 0.15) is 5.02 Å². The monoisotopic (exact) mass is 338 g/mol. The molecule has 2 aromatic rings. The number of benzene rings is 1. The summed E-state index contributed by atoms with van der Waals surface area (Å²) in [4.78, 5) is 13.7. The van der Waals surface area contributed by atoms with Gasteiger partial charge in [0.05, 0.1) is 11.9 Å². The number of nitrogens with one attached hydrogen (secondary N) is 2. The summed E-state index contributed by atoms with van der Waals surface area (Å²) in [6, 6.07) is 6.06. The molecule has 0 aliphatic carbocycles. The second-order valence-corrected chi connectivity index (χ2v) is 6.04. The van der Waals surface area contributed by atoms with E-state index in [1.807, 2.05) is 12.1 Å². The summed E-state index contributed by atoms with van der Waals surface area (Å²) >= 11 is 12.1. The number of halogens is 2. The summed E-state index contributed by atoms with van der Waals surface area (Å²) in [5.41, 5.74) is 2.73. The number of nitrogens with zero attached hydrogens (tertiary/aromatic N) is 2. The van der Waals surface area contributed by atoms with Crippen LogP contribution >= 0.6 is 23.2 Å². The number of aromatic nitrogens is 2. The van der Waals surface area contributed by atoms with Gasteiger partial charge in [0.25, 0.3) is 5.56 Å². The van der Waals surface area contributed by atoms with Crippen LogP contribution in [0.4, 0.5) is 5.69 Å². The molecule has 3 rings (SSSR count). The molecule has 0 bridgehead atoms. The summed E-state index contributed by atoms with van der Waals surface area (Å²) in [5, 5.41) is 10.2. The molecule has 0 fully saturated rings. The molecule has 22 heavy (non-hydrogen) atoms. The molecule has 0 saturated carbocycles. The van der Waals surface area contributed by atoms with Gasteiger partial charge in [0, 0.05) is 31.2 Å². The van der Waals surface area contributed by atoms with Crippen LogP contribution in [-0.4, -0.2) is 34.7 Å². The fourth-order valence-electron chi connectivity index (χ4n) is 2.67.